The number of nitrogens with one attached hydrogen (secondary N) is 1. The molecule has 1 heterocycles. The first kappa shape index (κ1) is 16.9. The van der Waals surface area contributed by atoms with E-state index in [9.17, 15) is 13.2 Å². The quantitative estimate of drug-likeness (QED) is 0.838. The normalized spacial score (nSPS) is 15.9. The second kappa shape index (κ2) is 7.21. The number of benzene rings is 1. The highest BCUT2D eigenvalue weighted by Gasteiger charge is 2.27. The number of nitrogens with zero attached hydrogens (tertiary/aromatic N) is 2. The third kappa shape index (κ3) is 3.66. The molecule has 122 valence electrons. The second-order valence-corrected chi connectivity index (χ2v) is 7.40. The van der Waals surface area contributed by atoms with Gasteiger partial charge < -0.3 is 10.2 Å². The van der Waals surface area contributed by atoms with Gasteiger partial charge in [0.15, 0.2) is 0 Å². The van der Waals surface area contributed by atoms with Gasteiger partial charge in [0.2, 0.25) is 10.0 Å². The summed E-state index contributed by atoms with van der Waals surface area (Å²) in [5, 5.41) is 2.99. The molecule has 2 rings (SSSR count). The van der Waals surface area contributed by atoms with E-state index in [-0.39, 0.29) is 10.8 Å². The van der Waals surface area contributed by atoms with Crippen LogP contribution in [0.1, 0.15) is 23.2 Å². The molecule has 7 heteroatoms. The van der Waals surface area contributed by atoms with E-state index in [0.29, 0.717) is 31.7 Å². The van der Waals surface area contributed by atoms with Crippen LogP contribution in [0, 0.1) is 0 Å². The number of hydrogen-bond acceptors (Lipinski definition) is 4. The summed E-state index contributed by atoms with van der Waals surface area (Å²) in [6.45, 7) is 2.47. The molecule has 0 saturated carbocycles. The van der Waals surface area contributed by atoms with Crippen LogP contribution >= 0.6 is 0 Å². The zero-order valence-electron chi connectivity index (χ0n) is 13.1. The van der Waals surface area contributed by atoms with Crippen LogP contribution in [0.25, 0.3) is 0 Å². The van der Waals surface area contributed by atoms with Gasteiger partial charge in [0, 0.05) is 38.8 Å². The molecule has 1 aliphatic rings. The van der Waals surface area contributed by atoms with Crippen molar-refractivity contribution in [3.63, 3.8) is 0 Å². The lowest BCUT2D eigenvalue weighted by molar-refractivity contribution is 0.0796. The molecule has 0 aromatic heterocycles. The third-order valence-electron chi connectivity index (χ3n) is 3.85. The summed E-state index contributed by atoms with van der Waals surface area (Å²) in [4.78, 5) is 14.1. The standard InChI is InChI=1S/C15H23N3O3S/c1-16-9-12-17(2)15(19)13-5-7-14(8-6-13)22(20,21)18-10-3-4-11-18/h5-8,16H,3-4,9-12H2,1-2H3. The van der Waals surface area contributed by atoms with Crippen LogP contribution in [0.2, 0.25) is 0 Å². The summed E-state index contributed by atoms with van der Waals surface area (Å²) >= 11 is 0. The van der Waals surface area contributed by atoms with E-state index in [0.717, 1.165) is 12.8 Å². The van der Waals surface area contributed by atoms with Crippen molar-refractivity contribution < 1.29 is 13.2 Å². The van der Waals surface area contributed by atoms with Crippen molar-refractivity contribution in [2.75, 3.05) is 40.3 Å². The molecule has 1 amide bonds. The van der Waals surface area contributed by atoms with Crippen molar-refractivity contribution in [1.82, 2.24) is 14.5 Å². The lowest BCUT2D eigenvalue weighted by atomic mass is 10.2. The second-order valence-electron chi connectivity index (χ2n) is 5.47. The zero-order chi connectivity index (χ0) is 16.2. The minimum absolute atomic E-state index is 0.111. The SMILES string of the molecule is CNCCN(C)C(=O)c1ccc(S(=O)(=O)N2CCCC2)cc1. The van der Waals surface area contributed by atoms with E-state index in [4.69, 9.17) is 0 Å². The summed E-state index contributed by atoms with van der Waals surface area (Å²) in [5.41, 5.74) is 0.499. The minimum atomic E-state index is -3.42. The summed E-state index contributed by atoms with van der Waals surface area (Å²) in [7, 11) is 0.143. The van der Waals surface area contributed by atoms with Crippen LogP contribution in [0.5, 0.6) is 0 Å². The molecule has 1 fully saturated rings. The van der Waals surface area contributed by atoms with Gasteiger partial charge in [-0.25, -0.2) is 8.42 Å². The topological polar surface area (TPSA) is 69.7 Å². The third-order valence-corrected chi connectivity index (χ3v) is 5.76. The molecular formula is C15H23N3O3S. The molecule has 6 nitrogen and oxygen atoms in total. The molecule has 1 aromatic rings. The van der Waals surface area contributed by atoms with Gasteiger partial charge >= 0.3 is 0 Å². The summed E-state index contributed by atoms with van der Waals surface area (Å²) < 4.78 is 26.3. The predicted octanol–water partition coefficient (Wildman–Crippen LogP) is 0.763. The summed E-state index contributed by atoms with van der Waals surface area (Å²) in [6, 6.07) is 6.21. The highest BCUT2D eigenvalue weighted by Crippen LogP contribution is 2.21. The Bertz CT molecular complexity index is 607. The fourth-order valence-corrected chi connectivity index (χ4v) is 3.97. The molecule has 0 aliphatic carbocycles. The number of sulfonamides is 1. The Morgan fingerprint density at radius 2 is 1.82 bits per heavy atom. The van der Waals surface area contributed by atoms with Crippen molar-refractivity contribution in [2.24, 2.45) is 0 Å². The van der Waals surface area contributed by atoms with Crippen molar-refractivity contribution in [1.29, 1.82) is 0 Å². The summed E-state index contributed by atoms with van der Waals surface area (Å²) in [5.74, 6) is -0.111. The maximum absolute atomic E-state index is 12.4. The molecule has 0 atom stereocenters. The van der Waals surface area contributed by atoms with Crippen LogP contribution in [-0.4, -0.2) is 63.8 Å². The molecule has 0 bridgehead atoms. The zero-order valence-corrected chi connectivity index (χ0v) is 13.9. The van der Waals surface area contributed by atoms with Gasteiger partial charge in [-0.3, -0.25) is 4.79 Å². The van der Waals surface area contributed by atoms with Gasteiger partial charge in [-0.1, -0.05) is 0 Å². The average molecular weight is 325 g/mol. The molecule has 1 saturated heterocycles. The average Bonchev–Trinajstić information content (AvgIpc) is 3.07. The number of hydrogen-bond donors (Lipinski definition) is 1. The Balaban J connectivity index is 2.11. The number of amides is 1. The van der Waals surface area contributed by atoms with Gasteiger partial charge in [0.25, 0.3) is 5.91 Å². The Hall–Kier alpha value is -1.44. The van der Waals surface area contributed by atoms with Gasteiger partial charge in [0.05, 0.1) is 4.90 Å². The molecular weight excluding hydrogens is 302 g/mol. The highest BCUT2D eigenvalue weighted by molar-refractivity contribution is 7.89. The van der Waals surface area contributed by atoms with Crippen molar-refractivity contribution in [3.8, 4) is 0 Å². The smallest absolute Gasteiger partial charge is 0.253 e. The van der Waals surface area contributed by atoms with E-state index in [2.05, 4.69) is 5.32 Å². The number of likely N-dealkylation sites (N-methyl/N-ethyl adjacent to an activating group) is 2. The van der Waals surface area contributed by atoms with Gasteiger partial charge in [-0.15, -0.1) is 0 Å². The molecule has 0 unspecified atom stereocenters. The molecule has 1 aliphatic heterocycles. The first-order valence-corrected chi connectivity index (χ1v) is 8.91. The van der Waals surface area contributed by atoms with Crippen LogP contribution in [-0.2, 0) is 10.0 Å². The fourth-order valence-electron chi connectivity index (χ4n) is 2.45. The molecule has 0 spiro atoms. The lowest BCUT2D eigenvalue weighted by Gasteiger charge is -2.18. The Labute approximate surface area is 132 Å². The molecule has 1 aromatic carbocycles. The van der Waals surface area contributed by atoms with Crippen molar-refractivity contribution >= 4 is 15.9 Å². The van der Waals surface area contributed by atoms with E-state index >= 15 is 0 Å². The fraction of sp³-hybridized carbons (Fsp3) is 0.533. The van der Waals surface area contributed by atoms with Crippen molar-refractivity contribution in [2.45, 2.75) is 17.7 Å². The highest BCUT2D eigenvalue weighted by atomic mass is 32.2. The maximum atomic E-state index is 12.4. The first-order chi connectivity index (χ1) is 10.5. The Morgan fingerprint density at radius 3 is 2.36 bits per heavy atom. The van der Waals surface area contributed by atoms with E-state index < -0.39 is 10.0 Å². The predicted molar refractivity (Wildman–Crippen MR) is 85.3 cm³/mol. The lowest BCUT2D eigenvalue weighted by Crippen LogP contribution is -2.32. The minimum Gasteiger partial charge on any atom is -0.340 e. The van der Waals surface area contributed by atoms with Crippen LogP contribution in [0.3, 0.4) is 0 Å². The van der Waals surface area contributed by atoms with E-state index in [1.165, 1.54) is 16.4 Å². The van der Waals surface area contributed by atoms with Crippen molar-refractivity contribution in [3.05, 3.63) is 29.8 Å². The number of carbonyl (C=O) groups excluding carboxylic acids is 1. The Kier molecular flexibility index (Phi) is 5.55. The Morgan fingerprint density at radius 1 is 1.23 bits per heavy atom. The molecule has 22 heavy (non-hydrogen) atoms. The van der Waals surface area contributed by atoms with Crippen LogP contribution in [0.4, 0.5) is 0 Å². The van der Waals surface area contributed by atoms with Crippen LogP contribution in [0.15, 0.2) is 29.2 Å². The van der Waals surface area contributed by atoms with Gasteiger partial charge in [0.1, 0.15) is 0 Å². The number of rotatable bonds is 6. The largest absolute Gasteiger partial charge is 0.340 e. The first-order valence-electron chi connectivity index (χ1n) is 7.47. The monoisotopic (exact) mass is 325 g/mol. The van der Waals surface area contributed by atoms with Gasteiger partial charge in [-0.2, -0.15) is 4.31 Å². The molecule has 1 N–H and O–H groups in total. The number of carbonyl (C=O) groups is 1. The van der Waals surface area contributed by atoms with E-state index in [1.807, 2.05) is 7.05 Å². The molecule has 0 radical (unpaired) electrons. The van der Waals surface area contributed by atoms with Gasteiger partial charge in [-0.05, 0) is 44.2 Å². The maximum Gasteiger partial charge on any atom is 0.253 e. The summed E-state index contributed by atoms with van der Waals surface area (Å²) in [6.07, 6.45) is 1.82. The van der Waals surface area contributed by atoms with Crippen LogP contribution < -0.4 is 5.32 Å². The van der Waals surface area contributed by atoms with E-state index in [1.54, 1.807) is 24.1 Å².